The van der Waals surface area contributed by atoms with Crippen LogP contribution in [0.4, 0.5) is 0 Å². The molecule has 0 spiro atoms. The summed E-state index contributed by atoms with van der Waals surface area (Å²) in [5.74, 6) is 2.07. The lowest BCUT2D eigenvalue weighted by molar-refractivity contribution is 0.0725. The average molecular weight is 449 g/mol. The van der Waals surface area contributed by atoms with Crippen molar-refractivity contribution in [1.82, 2.24) is 19.6 Å². The van der Waals surface area contributed by atoms with Crippen molar-refractivity contribution in [3.05, 3.63) is 0 Å². The molecule has 2 aliphatic carbocycles. The van der Waals surface area contributed by atoms with E-state index in [1.54, 1.807) is 0 Å². The van der Waals surface area contributed by atoms with Crippen LogP contribution in [0.3, 0.4) is 0 Å². The molecule has 0 radical (unpaired) electrons. The molecule has 4 fully saturated rings. The van der Waals surface area contributed by atoms with Crippen molar-refractivity contribution in [1.29, 1.82) is 0 Å². The van der Waals surface area contributed by atoms with E-state index < -0.39 is 0 Å². The standard InChI is InChI=1S/2C14H28N2/c2*1-3-13-5-7-14(8-6-13)16-11-9-15(4-2)10-12-16/h2*13-14H,3-12H2,1-2H3. The van der Waals surface area contributed by atoms with Crippen LogP contribution in [-0.2, 0) is 0 Å². The maximum absolute atomic E-state index is 2.76. The normalized spacial score (nSPS) is 34.1. The molecule has 0 bridgehead atoms. The van der Waals surface area contributed by atoms with E-state index in [9.17, 15) is 0 Å². The number of piperazine rings is 2. The lowest BCUT2D eigenvalue weighted by Crippen LogP contribution is -2.50. The SMILES string of the molecule is CCC1CCC(N2CCN(CC)CC2)CC1.CCC1CCC(N2CCN(CC)CC2)CC1. The fraction of sp³-hybridized carbons (Fsp3) is 1.00. The van der Waals surface area contributed by atoms with E-state index in [1.807, 2.05) is 0 Å². The number of hydrogen-bond acceptors (Lipinski definition) is 4. The number of rotatable bonds is 6. The molecule has 0 unspecified atom stereocenters. The van der Waals surface area contributed by atoms with Crippen LogP contribution in [0, 0.1) is 11.8 Å². The van der Waals surface area contributed by atoms with Crippen LogP contribution in [0.15, 0.2) is 0 Å². The molecule has 32 heavy (non-hydrogen) atoms. The fourth-order valence-electron chi connectivity index (χ4n) is 6.73. The number of hydrogen-bond donors (Lipinski definition) is 0. The molecule has 2 saturated heterocycles. The van der Waals surface area contributed by atoms with Gasteiger partial charge in [0.2, 0.25) is 0 Å². The first kappa shape index (κ1) is 26.4. The zero-order valence-electron chi connectivity index (χ0n) is 22.2. The van der Waals surface area contributed by atoms with Gasteiger partial charge in [-0.1, -0.05) is 40.5 Å². The first-order chi connectivity index (χ1) is 15.7. The van der Waals surface area contributed by atoms with E-state index >= 15 is 0 Å². The molecule has 4 aliphatic rings. The molecule has 0 aromatic heterocycles. The van der Waals surface area contributed by atoms with Gasteiger partial charge in [0.1, 0.15) is 0 Å². The van der Waals surface area contributed by atoms with E-state index in [-0.39, 0.29) is 0 Å². The highest BCUT2D eigenvalue weighted by molar-refractivity contribution is 4.84. The summed E-state index contributed by atoms with van der Waals surface area (Å²) in [4.78, 5) is 10.7. The molecule has 2 heterocycles. The monoisotopic (exact) mass is 448 g/mol. The van der Waals surface area contributed by atoms with Gasteiger partial charge in [-0.05, 0) is 76.3 Å². The quantitative estimate of drug-likeness (QED) is 0.554. The molecule has 4 nitrogen and oxygen atoms in total. The van der Waals surface area contributed by atoms with E-state index in [0.29, 0.717) is 0 Å². The summed E-state index contributed by atoms with van der Waals surface area (Å²) < 4.78 is 0. The molecule has 0 amide bonds. The summed E-state index contributed by atoms with van der Waals surface area (Å²) in [5.41, 5.74) is 0. The molecule has 2 saturated carbocycles. The molecule has 2 aliphatic heterocycles. The van der Waals surface area contributed by atoms with Gasteiger partial charge < -0.3 is 9.80 Å². The van der Waals surface area contributed by atoms with E-state index in [4.69, 9.17) is 0 Å². The molecular formula is C28H56N4. The van der Waals surface area contributed by atoms with Gasteiger partial charge in [0.15, 0.2) is 0 Å². The first-order valence-corrected chi connectivity index (χ1v) is 14.6. The summed E-state index contributed by atoms with van der Waals surface area (Å²) in [6.45, 7) is 22.2. The molecule has 0 N–H and O–H groups in total. The van der Waals surface area contributed by atoms with Crippen molar-refractivity contribution in [2.45, 2.75) is 104 Å². The smallest absolute Gasteiger partial charge is 0.0113 e. The van der Waals surface area contributed by atoms with Crippen LogP contribution in [0.5, 0.6) is 0 Å². The zero-order chi connectivity index (χ0) is 22.8. The van der Waals surface area contributed by atoms with Gasteiger partial charge in [-0.15, -0.1) is 0 Å². The van der Waals surface area contributed by atoms with Crippen molar-refractivity contribution in [3.8, 4) is 0 Å². The van der Waals surface area contributed by atoms with Gasteiger partial charge in [-0.2, -0.15) is 0 Å². The van der Waals surface area contributed by atoms with Gasteiger partial charge in [0, 0.05) is 64.4 Å². The molecule has 0 aromatic rings. The number of nitrogens with zero attached hydrogens (tertiary/aromatic N) is 4. The van der Waals surface area contributed by atoms with Crippen LogP contribution in [-0.4, -0.2) is 97.1 Å². The van der Waals surface area contributed by atoms with E-state index in [1.165, 1.54) is 130 Å². The molecular weight excluding hydrogens is 392 g/mol. The highest BCUT2D eigenvalue weighted by atomic mass is 15.3. The van der Waals surface area contributed by atoms with Gasteiger partial charge in [-0.3, -0.25) is 9.80 Å². The summed E-state index contributed by atoms with van der Waals surface area (Å²) in [7, 11) is 0. The Morgan fingerprint density at radius 2 is 0.750 bits per heavy atom. The molecule has 4 rings (SSSR count). The highest BCUT2D eigenvalue weighted by Gasteiger charge is 2.28. The Labute approximate surface area is 201 Å². The van der Waals surface area contributed by atoms with Crippen molar-refractivity contribution >= 4 is 0 Å². The average Bonchev–Trinajstić information content (AvgIpc) is 2.89. The Bertz CT molecular complexity index is 378. The second kappa shape index (κ2) is 14.3. The maximum atomic E-state index is 2.76. The topological polar surface area (TPSA) is 13.0 Å². The Kier molecular flexibility index (Phi) is 11.8. The van der Waals surface area contributed by atoms with Crippen LogP contribution < -0.4 is 0 Å². The number of likely N-dealkylation sites (N-methyl/N-ethyl adjacent to an activating group) is 2. The van der Waals surface area contributed by atoms with Crippen LogP contribution >= 0.6 is 0 Å². The van der Waals surface area contributed by atoms with Gasteiger partial charge in [0.25, 0.3) is 0 Å². The first-order valence-electron chi connectivity index (χ1n) is 14.6. The zero-order valence-corrected chi connectivity index (χ0v) is 22.2. The Hall–Kier alpha value is -0.160. The van der Waals surface area contributed by atoms with Crippen LogP contribution in [0.2, 0.25) is 0 Å². The summed E-state index contributed by atoms with van der Waals surface area (Å²) in [6.07, 6.45) is 14.6. The van der Waals surface area contributed by atoms with Crippen molar-refractivity contribution in [2.75, 3.05) is 65.4 Å². The summed E-state index contributed by atoms with van der Waals surface area (Å²) in [5, 5.41) is 0. The molecule has 0 aromatic carbocycles. The fourth-order valence-corrected chi connectivity index (χ4v) is 6.73. The maximum Gasteiger partial charge on any atom is 0.0113 e. The predicted molar refractivity (Wildman–Crippen MR) is 139 cm³/mol. The third-order valence-corrected chi connectivity index (χ3v) is 9.53. The van der Waals surface area contributed by atoms with Crippen molar-refractivity contribution < 1.29 is 0 Å². The van der Waals surface area contributed by atoms with Crippen LogP contribution in [0.1, 0.15) is 91.9 Å². The van der Waals surface area contributed by atoms with Crippen molar-refractivity contribution in [3.63, 3.8) is 0 Å². The Morgan fingerprint density at radius 1 is 0.438 bits per heavy atom. The highest BCUT2D eigenvalue weighted by Crippen LogP contribution is 2.30. The summed E-state index contributed by atoms with van der Waals surface area (Å²) >= 11 is 0. The molecule has 0 atom stereocenters. The minimum absolute atomic E-state index is 0.918. The Balaban J connectivity index is 0.000000181. The molecule has 4 heteroatoms. The summed E-state index contributed by atoms with van der Waals surface area (Å²) in [6, 6.07) is 1.84. The largest absolute Gasteiger partial charge is 0.301 e. The van der Waals surface area contributed by atoms with Gasteiger partial charge in [0.05, 0.1) is 0 Å². The van der Waals surface area contributed by atoms with Gasteiger partial charge >= 0.3 is 0 Å². The third-order valence-electron chi connectivity index (χ3n) is 9.53. The minimum Gasteiger partial charge on any atom is -0.301 e. The second-order valence-electron chi connectivity index (χ2n) is 11.1. The van der Waals surface area contributed by atoms with E-state index in [2.05, 4.69) is 47.3 Å². The lowest BCUT2D eigenvalue weighted by Gasteiger charge is -2.41. The second-order valence-corrected chi connectivity index (χ2v) is 11.1. The van der Waals surface area contributed by atoms with Crippen molar-refractivity contribution in [2.24, 2.45) is 11.8 Å². The Morgan fingerprint density at radius 3 is 1.00 bits per heavy atom. The third kappa shape index (κ3) is 7.96. The lowest BCUT2D eigenvalue weighted by atomic mass is 9.84. The van der Waals surface area contributed by atoms with Crippen LogP contribution in [0.25, 0.3) is 0 Å². The molecule has 188 valence electrons. The minimum atomic E-state index is 0.918. The van der Waals surface area contributed by atoms with Gasteiger partial charge in [-0.25, -0.2) is 0 Å². The van der Waals surface area contributed by atoms with E-state index in [0.717, 1.165) is 23.9 Å². The predicted octanol–water partition coefficient (Wildman–Crippen LogP) is 5.19.